The van der Waals surface area contributed by atoms with Crippen molar-refractivity contribution in [2.75, 3.05) is 26.2 Å². The van der Waals surface area contributed by atoms with E-state index in [4.69, 9.17) is 4.74 Å². The third kappa shape index (κ3) is 4.17. The van der Waals surface area contributed by atoms with Gasteiger partial charge in [0, 0.05) is 41.8 Å². The van der Waals surface area contributed by atoms with E-state index < -0.39 is 0 Å². The Labute approximate surface area is 216 Å². The second-order valence-electron chi connectivity index (χ2n) is 10.5. The van der Waals surface area contributed by atoms with Crippen molar-refractivity contribution in [3.8, 4) is 28.1 Å². The maximum absolute atomic E-state index is 12.3. The summed E-state index contributed by atoms with van der Waals surface area (Å²) in [6, 6.07) is 15.5. The van der Waals surface area contributed by atoms with Gasteiger partial charge in [-0.3, -0.25) is 14.8 Å². The van der Waals surface area contributed by atoms with Crippen molar-refractivity contribution in [2.45, 2.75) is 44.6 Å². The Morgan fingerprint density at radius 2 is 1.76 bits per heavy atom. The number of aromatic amines is 1. The molecule has 7 heteroatoms. The van der Waals surface area contributed by atoms with Crippen molar-refractivity contribution in [3.63, 3.8) is 0 Å². The SMILES string of the molecule is O=C1NCCOc2cc(-c3[nH]nc4ncc(-c5ccc6c(c5)CCN(C5CCCC5)CC6)cc34)ccc21. The molecule has 2 aromatic heterocycles. The van der Waals surface area contributed by atoms with Gasteiger partial charge in [0.05, 0.1) is 17.8 Å². The molecule has 2 aliphatic heterocycles. The minimum atomic E-state index is -0.105. The van der Waals surface area contributed by atoms with Crippen LogP contribution in [-0.2, 0) is 12.8 Å². The zero-order chi connectivity index (χ0) is 24.8. The molecule has 2 N–H and O–H groups in total. The van der Waals surface area contributed by atoms with E-state index in [1.807, 2.05) is 24.4 Å². The first-order valence-corrected chi connectivity index (χ1v) is 13.5. The summed E-state index contributed by atoms with van der Waals surface area (Å²) >= 11 is 0. The van der Waals surface area contributed by atoms with Crippen LogP contribution in [0.25, 0.3) is 33.4 Å². The fraction of sp³-hybridized carbons (Fsp3) is 0.367. The van der Waals surface area contributed by atoms with Gasteiger partial charge in [0.15, 0.2) is 5.65 Å². The molecule has 37 heavy (non-hydrogen) atoms. The number of benzene rings is 2. The molecule has 0 atom stereocenters. The van der Waals surface area contributed by atoms with Crippen LogP contribution < -0.4 is 10.1 Å². The van der Waals surface area contributed by atoms with Gasteiger partial charge in [-0.25, -0.2) is 4.98 Å². The highest BCUT2D eigenvalue weighted by Gasteiger charge is 2.25. The summed E-state index contributed by atoms with van der Waals surface area (Å²) in [5.41, 5.74) is 8.25. The van der Waals surface area contributed by atoms with E-state index in [0.717, 1.165) is 47.6 Å². The molecular weight excluding hydrogens is 462 g/mol. The average molecular weight is 494 g/mol. The molecule has 1 saturated carbocycles. The summed E-state index contributed by atoms with van der Waals surface area (Å²) in [7, 11) is 0. The highest BCUT2D eigenvalue weighted by molar-refractivity contribution is 5.99. The molecule has 2 aromatic carbocycles. The van der Waals surface area contributed by atoms with Crippen LogP contribution in [0.2, 0.25) is 0 Å². The van der Waals surface area contributed by atoms with E-state index in [2.05, 4.69) is 49.7 Å². The van der Waals surface area contributed by atoms with E-state index in [1.165, 1.54) is 48.9 Å². The fourth-order valence-electron chi connectivity index (χ4n) is 6.24. The van der Waals surface area contributed by atoms with Crippen molar-refractivity contribution in [2.24, 2.45) is 0 Å². The van der Waals surface area contributed by atoms with E-state index >= 15 is 0 Å². The summed E-state index contributed by atoms with van der Waals surface area (Å²) in [4.78, 5) is 19.7. The first-order valence-electron chi connectivity index (χ1n) is 13.5. The van der Waals surface area contributed by atoms with Crippen LogP contribution in [0, 0.1) is 0 Å². The zero-order valence-electron chi connectivity index (χ0n) is 20.9. The predicted molar refractivity (Wildman–Crippen MR) is 144 cm³/mol. The van der Waals surface area contributed by atoms with E-state index in [9.17, 15) is 4.79 Å². The Hall–Kier alpha value is -3.71. The topological polar surface area (TPSA) is 83.1 Å². The van der Waals surface area contributed by atoms with Crippen molar-refractivity contribution in [1.82, 2.24) is 25.4 Å². The molecule has 188 valence electrons. The molecular formula is C30H31N5O2. The molecule has 0 bridgehead atoms. The lowest BCUT2D eigenvalue weighted by molar-refractivity contribution is 0.0957. The zero-order valence-corrected chi connectivity index (χ0v) is 20.9. The molecule has 1 fully saturated rings. The van der Waals surface area contributed by atoms with Crippen molar-refractivity contribution < 1.29 is 9.53 Å². The van der Waals surface area contributed by atoms with E-state index in [0.29, 0.717) is 30.1 Å². The maximum atomic E-state index is 12.3. The van der Waals surface area contributed by atoms with E-state index in [-0.39, 0.29) is 5.91 Å². The molecule has 0 saturated heterocycles. The number of H-pyrrole nitrogens is 1. The summed E-state index contributed by atoms with van der Waals surface area (Å²) in [6.45, 7) is 3.29. The lowest BCUT2D eigenvalue weighted by Gasteiger charge is -2.26. The van der Waals surface area contributed by atoms with Crippen LogP contribution in [0.4, 0.5) is 0 Å². The van der Waals surface area contributed by atoms with Crippen LogP contribution in [0.15, 0.2) is 48.7 Å². The lowest BCUT2D eigenvalue weighted by Crippen LogP contribution is -2.35. The summed E-state index contributed by atoms with van der Waals surface area (Å²) in [5.74, 6) is 0.490. The molecule has 0 radical (unpaired) electrons. The Morgan fingerprint density at radius 1 is 0.919 bits per heavy atom. The van der Waals surface area contributed by atoms with E-state index in [1.54, 1.807) is 0 Å². The van der Waals surface area contributed by atoms with Gasteiger partial charge in [-0.1, -0.05) is 37.1 Å². The quantitative estimate of drug-likeness (QED) is 0.430. The highest BCUT2D eigenvalue weighted by atomic mass is 16.5. The third-order valence-electron chi connectivity index (χ3n) is 8.29. The first kappa shape index (κ1) is 22.5. The summed E-state index contributed by atoms with van der Waals surface area (Å²) in [5, 5.41) is 11.4. The number of pyridine rings is 1. The number of fused-ring (bicyclic) bond motifs is 3. The lowest BCUT2D eigenvalue weighted by atomic mass is 9.96. The molecule has 0 spiro atoms. The molecule has 1 amide bonds. The van der Waals surface area contributed by atoms with Gasteiger partial charge in [0.25, 0.3) is 5.91 Å². The van der Waals surface area contributed by atoms with Gasteiger partial charge in [-0.05, 0) is 60.6 Å². The van der Waals surface area contributed by atoms with Crippen LogP contribution in [0.1, 0.15) is 47.2 Å². The van der Waals surface area contributed by atoms with Crippen molar-refractivity contribution >= 4 is 16.9 Å². The molecule has 1 aliphatic carbocycles. The van der Waals surface area contributed by atoms with Crippen LogP contribution >= 0.6 is 0 Å². The molecule has 4 heterocycles. The van der Waals surface area contributed by atoms with Crippen LogP contribution in [0.3, 0.4) is 0 Å². The fourth-order valence-corrected chi connectivity index (χ4v) is 6.24. The van der Waals surface area contributed by atoms with Crippen LogP contribution in [0.5, 0.6) is 5.75 Å². The number of nitrogens with one attached hydrogen (secondary N) is 2. The standard InChI is InChI=1S/C30H31N5O2/c36-30-25-8-7-22(17-27(25)37-14-11-31-30)28-26-16-23(18-32-29(26)34-33-28)20-6-5-19-9-12-35(13-10-21(19)15-20)24-3-1-2-4-24/h5-8,15-18,24H,1-4,9-14H2,(H,31,36)(H,32,33,34). The van der Waals surface area contributed by atoms with Crippen molar-refractivity contribution in [1.29, 1.82) is 0 Å². The number of nitrogens with zero attached hydrogens (tertiary/aromatic N) is 3. The Bertz CT molecular complexity index is 1490. The molecule has 7 rings (SSSR count). The second kappa shape index (κ2) is 9.30. The minimum Gasteiger partial charge on any atom is -0.491 e. The number of rotatable bonds is 3. The molecule has 3 aliphatic rings. The Morgan fingerprint density at radius 3 is 2.65 bits per heavy atom. The number of aromatic nitrogens is 3. The number of carbonyl (C=O) groups is 1. The number of hydrogen-bond acceptors (Lipinski definition) is 5. The molecule has 7 nitrogen and oxygen atoms in total. The highest BCUT2D eigenvalue weighted by Crippen LogP contribution is 2.34. The Balaban J connectivity index is 1.20. The van der Waals surface area contributed by atoms with Gasteiger partial charge in [-0.2, -0.15) is 5.10 Å². The second-order valence-corrected chi connectivity index (χ2v) is 10.5. The maximum Gasteiger partial charge on any atom is 0.255 e. The third-order valence-corrected chi connectivity index (χ3v) is 8.29. The summed E-state index contributed by atoms with van der Waals surface area (Å²) in [6.07, 6.45) is 9.66. The number of hydrogen-bond donors (Lipinski definition) is 2. The average Bonchev–Trinajstić information content (AvgIpc) is 3.52. The smallest absolute Gasteiger partial charge is 0.255 e. The van der Waals surface area contributed by atoms with Crippen LogP contribution in [-0.4, -0.2) is 58.3 Å². The van der Waals surface area contributed by atoms with Gasteiger partial charge in [-0.15, -0.1) is 0 Å². The Kier molecular flexibility index (Phi) is 5.65. The number of ether oxygens (including phenoxy) is 1. The van der Waals surface area contributed by atoms with Gasteiger partial charge in [0.1, 0.15) is 12.4 Å². The van der Waals surface area contributed by atoms with Gasteiger partial charge in [0.2, 0.25) is 0 Å². The largest absolute Gasteiger partial charge is 0.491 e. The monoisotopic (exact) mass is 493 g/mol. The molecule has 0 unspecified atom stereocenters. The predicted octanol–water partition coefficient (Wildman–Crippen LogP) is 4.76. The van der Waals surface area contributed by atoms with Gasteiger partial charge < -0.3 is 10.1 Å². The van der Waals surface area contributed by atoms with Crippen molar-refractivity contribution in [3.05, 3.63) is 65.4 Å². The first-order chi connectivity index (χ1) is 18.2. The number of carbonyl (C=O) groups excluding carboxylic acids is 1. The number of amides is 1. The minimum absolute atomic E-state index is 0.105. The normalized spacial score (nSPS) is 18.5. The van der Waals surface area contributed by atoms with Gasteiger partial charge >= 0.3 is 0 Å². The molecule has 4 aromatic rings. The summed E-state index contributed by atoms with van der Waals surface area (Å²) < 4.78 is 5.83.